The average Bonchev–Trinajstić information content (AvgIpc) is 2.72. The van der Waals surface area contributed by atoms with Gasteiger partial charge in [0, 0.05) is 6.54 Å². The van der Waals surface area contributed by atoms with Crippen molar-refractivity contribution in [2.75, 3.05) is 27.2 Å². The Hall–Kier alpha value is -1.59. The second-order valence-electron chi connectivity index (χ2n) is 4.19. The lowest BCUT2D eigenvalue weighted by Crippen LogP contribution is -2.19. The smallest absolute Gasteiger partial charge is 0.147 e. The lowest BCUT2D eigenvalue weighted by molar-refractivity contribution is 0.263. The van der Waals surface area contributed by atoms with Gasteiger partial charge in [0.25, 0.3) is 0 Å². The highest BCUT2D eigenvalue weighted by Gasteiger charge is 2.07. The van der Waals surface area contributed by atoms with Crippen molar-refractivity contribution in [2.45, 2.75) is 6.54 Å². The van der Waals surface area contributed by atoms with Gasteiger partial charge in [0.2, 0.25) is 0 Å². The number of ether oxygens (including phenoxy) is 1. The van der Waals surface area contributed by atoms with Crippen molar-refractivity contribution in [1.29, 1.82) is 0 Å². The lowest BCUT2D eigenvalue weighted by atomic mass is 10.3. The monoisotopic (exact) mass is 234 g/mol. The number of nitrogens with zero attached hydrogens (tertiary/aromatic N) is 2. The zero-order valence-electron chi connectivity index (χ0n) is 10.2. The molecule has 5 nitrogen and oxygen atoms in total. The molecule has 0 saturated heterocycles. The van der Waals surface area contributed by atoms with Crippen LogP contribution in [-0.2, 0) is 6.54 Å². The van der Waals surface area contributed by atoms with Crippen LogP contribution in [0.5, 0.6) is 5.75 Å². The number of aromatic amines is 1. The molecule has 0 unspecified atom stereocenters. The molecule has 2 rings (SSSR count). The highest BCUT2D eigenvalue weighted by molar-refractivity contribution is 5.81. The van der Waals surface area contributed by atoms with Gasteiger partial charge in [-0.3, -0.25) is 0 Å². The number of benzene rings is 1. The molecule has 0 amide bonds. The van der Waals surface area contributed by atoms with E-state index in [4.69, 9.17) is 10.5 Å². The number of nitrogens with two attached hydrogens (primary N) is 1. The second kappa shape index (κ2) is 5.16. The van der Waals surface area contributed by atoms with Crippen molar-refractivity contribution in [3.63, 3.8) is 0 Å². The molecule has 0 spiro atoms. The van der Waals surface area contributed by atoms with E-state index in [-0.39, 0.29) is 0 Å². The molecule has 1 aromatic heterocycles. The van der Waals surface area contributed by atoms with E-state index in [1.54, 1.807) is 0 Å². The number of aromatic nitrogens is 2. The summed E-state index contributed by atoms with van der Waals surface area (Å²) in [5.41, 5.74) is 7.38. The molecule has 1 aromatic carbocycles. The van der Waals surface area contributed by atoms with Gasteiger partial charge in [0.15, 0.2) is 0 Å². The topological polar surface area (TPSA) is 67.2 Å². The number of hydrogen-bond donors (Lipinski definition) is 2. The third kappa shape index (κ3) is 2.75. The van der Waals surface area contributed by atoms with Crippen molar-refractivity contribution in [2.24, 2.45) is 5.73 Å². The molecule has 3 N–H and O–H groups in total. The Morgan fingerprint density at radius 2 is 2.24 bits per heavy atom. The lowest BCUT2D eigenvalue weighted by Gasteiger charge is -2.11. The first kappa shape index (κ1) is 11.9. The van der Waals surface area contributed by atoms with Gasteiger partial charge in [-0.05, 0) is 26.2 Å². The summed E-state index contributed by atoms with van der Waals surface area (Å²) in [6.07, 6.45) is 0. The van der Waals surface area contributed by atoms with Crippen molar-refractivity contribution in [3.8, 4) is 5.75 Å². The van der Waals surface area contributed by atoms with Crippen LogP contribution in [0.4, 0.5) is 0 Å². The first-order valence-electron chi connectivity index (χ1n) is 5.66. The van der Waals surface area contributed by atoms with Gasteiger partial charge in [-0.1, -0.05) is 6.07 Å². The molecule has 0 fully saturated rings. The second-order valence-corrected chi connectivity index (χ2v) is 4.19. The number of likely N-dealkylation sites (N-methyl/N-ethyl adjacent to an activating group) is 1. The van der Waals surface area contributed by atoms with Crippen LogP contribution in [0.1, 0.15) is 5.82 Å². The molecule has 0 aliphatic heterocycles. The number of imidazole rings is 1. The standard InChI is InChI=1S/C12H18N4O/c1-16(2)6-7-17-10-5-3-4-9-12(10)15-11(8-13)14-9/h3-5H,6-8,13H2,1-2H3,(H,14,15). The summed E-state index contributed by atoms with van der Waals surface area (Å²) in [7, 11) is 4.04. The third-order valence-corrected chi connectivity index (χ3v) is 2.51. The molecule has 0 aliphatic rings. The summed E-state index contributed by atoms with van der Waals surface area (Å²) < 4.78 is 5.72. The van der Waals surface area contributed by atoms with Crippen LogP contribution in [-0.4, -0.2) is 42.1 Å². The van der Waals surface area contributed by atoms with Gasteiger partial charge in [0.1, 0.15) is 23.7 Å². The summed E-state index contributed by atoms with van der Waals surface area (Å²) in [5.74, 6) is 1.59. The zero-order chi connectivity index (χ0) is 12.3. The minimum atomic E-state index is 0.409. The molecule has 17 heavy (non-hydrogen) atoms. The van der Waals surface area contributed by atoms with E-state index < -0.39 is 0 Å². The largest absolute Gasteiger partial charge is 0.490 e. The van der Waals surface area contributed by atoms with Crippen molar-refractivity contribution in [1.82, 2.24) is 14.9 Å². The number of nitrogens with one attached hydrogen (secondary N) is 1. The molecule has 0 radical (unpaired) electrons. The minimum absolute atomic E-state index is 0.409. The summed E-state index contributed by atoms with van der Waals surface area (Å²) in [6, 6.07) is 5.85. The van der Waals surface area contributed by atoms with Crippen LogP contribution in [0.2, 0.25) is 0 Å². The maximum absolute atomic E-state index is 5.72. The van der Waals surface area contributed by atoms with Crippen LogP contribution >= 0.6 is 0 Å². The molecule has 5 heteroatoms. The van der Waals surface area contributed by atoms with Crippen LogP contribution in [0.3, 0.4) is 0 Å². The van der Waals surface area contributed by atoms with Crippen LogP contribution in [0.15, 0.2) is 18.2 Å². The van der Waals surface area contributed by atoms with E-state index in [9.17, 15) is 0 Å². The Bertz CT molecular complexity index is 492. The van der Waals surface area contributed by atoms with Gasteiger partial charge in [-0.15, -0.1) is 0 Å². The molecular weight excluding hydrogens is 216 g/mol. The van der Waals surface area contributed by atoms with Crippen molar-refractivity contribution in [3.05, 3.63) is 24.0 Å². The molecule has 2 aromatic rings. The van der Waals surface area contributed by atoms with Crippen LogP contribution < -0.4 is 10.5 Å². The summed E-state index contributed by atoms with van der Waals surface area (Å²) in [5, 5.41) is 0. The summed E-state index contributed by atoms with van der Waals surface area (Å²) in [4.78, 5) is 9.65. The minimum Gasteiger partial charge on any atom is -0.490 e. The molecule has 1 heterocycles. The zero-order valence-corrected chi connectivity index (χ0v) is 10.2. The van der Waals surface area contributed by atoms with E-state index in [0.717, 1.165) is 29.2 Å². The predicted octanol–water partition coefficient (Wildman–Crippen LogP) is 0.962. The fraction of sp³-hybridized carbons (Fsp3) is 0.417. The van der Waals surface area contributed by atoms with E-state index in [0.29, 0.717) is 13.2 Å². The van der Waals surface area contributed by atoms with E-state index in [2.05, 4.69) is 14.9 Å². The highest BCUT2D eigenvalue weighted by Crippen LogP contribution is 2.23. The highest BCUT2D eigenvalue weighted by atomic mass is 16.5. The van der Waals surface area contributed by atoms with Crippen LogP contribution in [0, 0.1) is 0 Å². The Labute approximate surface area is 101 Å². The first-order valence-corrected chi connectivity index (χ1v) is 5.66. The number of H-pyrrole nitrogens is 1. The summed E-state index contributed by atoms with van der Waals surface area (Å²) in [6.45, 7) is 1.94. The maximum Gasteiger partial charge on any atom is 0.147 e. The van der Waals surface area contributed by atoms with Gasteiger partial charge < -0.3 is 20.4 Å². The molecule has 0 bridgehead atoms. The quantitative estimate of drug-likeness (QED) is 0.808. The molecular formula is C12H18N4O. The maximum atomic E-state index is 5.72. The fourth-order valence-electron chi connectivity index (χ4n) is 1.61. The fourth-order valence-corrected chi connectivity index (χ4v) is 1.61. The van der Waals surface area contributed by atoms with Crippen LogP contribution in [0.25, 0.3) is 11.0 Å². The average molecular weight is 234 g/mol. The Balaban J connectivity index is 2.18. The van der Waals surface area contributed by atoms with Crippen molar-refractivity contribution >= 4 is 11.0 Å². The Morgan fingerprint density at radius 3 is 2.94 bits per heavy atom. The van der Waals surface area contributed by atoms with Crippen molar-refractivity contribution < 1.29 is 4.74 Å². The SMILES string of the molecule is CN(C)CCOc1cccc2[nH]c(CN)nc12. The first-order chi connectivity index (χ1) is 8.20. The molecule has 0 atom stereocenters. The van der Waals surface area contributed by atoms with E-state index in [1.165, 1.54) is 0 Å². The number of hydrogen-bond acceptors (Lipinski definition) is 4. The number of rotatable bonds is 5. The van der Waals surface area contributed by atoms with E-state index >= 15 is 0 Å². The Kier molecular flexibility index (Phi) is 3.61. The van der Waals surface area contributed by atoms with Gasteiger partial charge in [-0.2, -0.15) is 0 Å². The molecule has 0 saturated carbocycles. The summed E-state index contributed by atoms with van der Waals surface area (Å²) >= 11 is 0. The number of fused-ring (bicyclic) bond motifs is 1. The van der Waals surface area contributed by atoms with Gasteiger partial charge >= 0.3 is 0 Å². The third-order valence-electron chi connectivity index (χ3n) is 2.51. The number of para-hydroxylation sites is 1. The van der Waals surface area contributed by atoms with E-state index in [1.807, 2.05) is 32.3 Å². The normalized spacial score (nSPS) is 11.3. The predicted molar refractivity (Wildman–Crippen MR) is 68.0 cm³/mol. The Morgan fingerprint density at radius 1 is 1.41 bits per heavy atom. The van der Waals surface area contributed by atoms with Gasteiger partial charge in [0.05, 0.1) is 12.1 Å². The van der Waals surface area contributed by atoms with Gasteiger partial charge in [-0.25, -0.2) is 4.98 Å². The molecule has 0 aliphatic carbocycles. The molecule has 92 valence electrons.